The Bertz CT molecular complexity index is 840. The fourth-order valence-electron chi connectivity index (χ4n) is 3.01. The van der Waals surface area contributed by atoms with Gasteiger partial charge < -0.3 is 15.3 Å². The standard InChI is InChI=1S/C23H28O5S2/c1-2-3-4-5-8-14-29-19-13-7-6-12-18(19)21(20(24)23(27)28)30-17-11-9-10-16(15-17)22(25)26/h6-7,9-13,15,20-21,24H,2-5,8,14H2,1H3,(H,25,26)(H,27,28). The van der Waals surface area contributed by atoms with Crippen LogP contribution in [0.4, 0.5) is 0 Å². The highest BCUT2D eigenvalue weighted by atomic mass is 32.2. The SMILES string of the molecule is CCCCCCCSc1ccccc1C(Sc1cccc(C(=O)O)c1)C(O)C(=O)O. The molecule has 162 valence electrons. The zero-order chi connectivity index (χ0) is 21.9. The summed E-state index contributed by atoms with van der Waals surface area (Å²) in [4.78, 5) is 24.4. The first-order chi connectivity index (χ1) is 14.4. The number of carboxylic acid groups (broad SMARTS) is 2. The molecule has 2 atom stereocenters. The van der Waals surface area contributed by atoms with Crippen LogP contribution in [0.3, 0.4) is 0 Å². The van der Waals surface area contributed by atoms with E-state index >= 15 is 0 Å². The predicted octanol–water partition coefficient (Wildman–Crippen LogP) is 5.73. The maximum atomic E-state index is 11.6. The van der Waals surface area contributed by atoms with Crippen LogP contribution in [0, 0.1) is 0 Å². The lowest BCUT2D eigenvalue weighted by Crippen LogP contribution is -2.26. The molecule has 0 saturated carbocycles. The van der Waals surface area contributed by atoms with Gasteiger partial charge in [-0.3, -0.25) is 0 Å². The van der Waals surface area contributed by atoms with Crippen LogP contribution < -0.4 is 0 Å². The van der Waals surface area contributed by atoms with E-state index < -0.39 is 23.3 Å². The number of rotatable bonds is 13. The van der Waals surface area contributed by atoms with Crippen molar-refractivity contribution in [2.75, 3.05) is 5.75 Å². The minimum atomic E-state index is -1.62. The maximum absolute atomic E-state index is 11.6. The van der Waals surface area contributed by atoms with E-state index in [0.29, 0.717) is 4.90 Å². The van der Waals surface area contributed by atoms with E-state index in [1.54, 1.807) is 23.9 Å². The third kappa shape index (κ3) is 7.38. The number of benzene rings is 2. The van der Waals surface area contributed by atoms with Gasteiger partial charge in [-0.05, 0) is 42.0 Å². The summed E-state index contributed by atoms with van der Waals surface area (Å²) in [6.45, 7) is 2.18. The van der Waals surface area contributed by atoms with Crippen LogP contribution in [-0.4, -0.2) is 39.1 Å². The second-order valence-electron chi connectivity index (χ2n) is 6.96. The number of thioether (sulfide) groups is 2. The fourth-order valence-corrected chi connectivity index (χ4v) is 5.41. The molecule has 7 heteroatoms. The molecule has 0 aromatic heterocycles. The Balaban J connectivity index is 2.22. The summed E-state index contributed by atoms with van der Waals surface area (Å²) < 4.78 is 0. The Morgan fingerprint density at radius 2 is 1.70 bits per heavy atom. The Labute approximate surface area is 185 Å². The van der Waals surface area contributed by atoms with E-state index in [4.69, 9.17) is 0 Å². The van der Waals surface area contributed by atoms with Crippen molar-refractivity contribution in [3.63, 3.8) is 0 Å². The summed E-state index contributed by atoms with van der Waals surface area (Å²) in [6.07, 6.45) is 4.29. The first kappa shape index (κ1) is 24.3. The topological polar surface area (TPSA) is 94.8 Å². The highest BCUT2D eigenvalue weighted by Gasteiger charge is 2.30. The molecule has 0 bridgehead atoms. The summed E-state index contributed by atoms with van der Waals surface area (Å²) in [5, 5.41) is 28.4. The molecule has 0 spiro atoms. The molecule has 0 heterocycles. The van der Waals surface area contributed by atoms with Gasteiger partial charge in [-0.25, -0.2) is 9.59 Å². The van der Waals surface area contributed by atoms with Crippen LogP contribution >= 0.6 is 23.5 Å². The molecule has 0 aliphatic rings. The summed E-state index contributed by atoms with van der Waals surface area (Å²) in [5.74, 6) is -1.43. The molecule has 3 N–H and O–H groups in total. The van der Waals surface area contributed by atoms with Gasteiger partial charge in [-0.1, -0.05) is 56.9 Å². The molecule has 2 aromatic rings. The van der Waals surface area contributed by atoms with Crippen molar-refractivity contribution in [1.29, 1.82) is 0 Å². The average molecular weight is 449 g/mol. The normalized spacial score (nSPS) is 13.0. The lowest BCUT2D eigenvalue weighted by Gasteiger charge is -2.22. The third-order valence-electron chi connectivity index (χ3n) is 4.61. The third-order valence-corrected chi connectivity index (χ3v) is 7.08. The molecule has 30 heavy (non-hydrogen) atoms. The molecular weight excluding hydrogens is 420 g/mol. The molecule has 0 aliphatic carbocycles. The lowest BCUT2D eigenvalue weighted by molar-refractivity contribution is -0.146. The van der Waals surface area contributed by atoms with E-state index in [1.165, 1.54) is 49.6 Å². The van der Waals surface area contributed by atoms with Gasteiger partial charge in [0.25, 0.3) is 0 Å². The molecular formula is C23H28O5S2. The van der Waals surface area contributed by atoms with Crippen LogP contribution in [-0.2, 0) is 4.79 Å². The largest absolute Gasteiger partial charge is 0.479 e. The molecule has 0 aliphatic heterocycles. The smallest absolute Gasteiger partial charge is 0.335 e. The van der Waals surface area contributed by atoms with E-state index in [1.807, 2.05) is 24.3 Å². The van der Waals surface area contributed by atoms with Gasteiger partial charge in [-0.2, -0.15) is 0 Å². The zero-order valence-corrected chi connectivity index (χ0v) is 18.6. The lowest BCUT2D eigenvalue weighted by atomic mass is 10.1. The molecule has 0 amide bonds. The van der Waals surface area contributed by atoms with Crippen LogP contribution in [0.15, 0.2) is 58.3 Å². The first-order valence-electron chi connectivity index (χ1n) is 10.1. The summed E-state index contributed by atoms with van der Waals surface area (Å²) >= 11 is 2.84. The van der Waals surface area contributed by atoms with Gasteiger partial charge in [0.05, 0.1) is 10.8 Å². The highest BCUT2D eigenvalue weighted by molar-refractivity contribution is 8.00. The predicted molar refractivity (Wildman–Crippen MR) is 122 cm³/mol. The van der Waals surface area contributed by atoms with Crippen molar-refractivity contribution >= 4 is 35.5 Å². The molecule has 0 radical (unpaired) electrons. The highest BCUT2D eigenvalue weighted by Crippen LogP contribution is 2.42. The molecule has 0 saturated heterocycles. The molecule has 2 aromatic carbocycles. The van der Waals surface area contributed by atoms with Crippen LogP contribution in [0.25, 0.3) is 0 Å². The molecule has 2 rings (SSSR count). The van der Waals surface area contributed by atoms with E-state index in [2.05, 4.69) is 6.92 Å². The van der Waals surface area contributed by atoms with E-state index in [0.717, 1.165) is 22.6 Å². The number of carbonyl (C=O) groups is 2. The minimum Gasteiger partial charge on any atom is -0.479 e. The average Bonchev–Trinajstić information content (AvgIpc) is 2.74. The molecule has 0 fully saturated rings. The van der Waals surface area contributed by atoms with E-state index in [9.17, 15) is 24.9 Å². The molecule has 2 unspecified atom stereocenters. The number of carboxylic acids is 2. The van der Waals surface area contributed by atoms with E-state index in [-0.39, 0.29) is 5.56 Å². The van der Waals surface area contributed by atoms with Crippen molar-refractivity contribution in [3.8, 4) is 0 Å². The zero-order valence-electron chi connectivity index (χ0n) is 17.0. The van der Waals surface area contributed by atoms with Crippen LogP contribution in [0.2, 0.25) is 0 Å². The van der Waals surface area contributed by atoms with Gasteiger partial charge in [0.2, 0.25) is 0 Å². The van der Waals surface area contributed by atoms with Crippen molar-refractivity contribution in [1.82, 2.24) is 0 Å². The van der Waals surface area contributed by atoms with Crippen LogP contribution in [0.1, 0.15) is 60.2 Å². The second-order valence-corrected chi connectivity index (χ2v) is 9.31. The summed E-state index contributed by atoms with van der Waals surface area (Å²) in [6, 6.07) is 13.8. The van der Waals surface area contributed by atoms with Gasteiger partial charge in [0, 0.05) is 9.79 Å². The summed E-state index contributed by atoms with van der Waals surface area (Å²) in [7, 11) is 0. The van der Waals surface area contributed by atoms with Gasteiger partial charge in [0.1, 0.15) is 0 Å². The van der Waals surface area contributed by atoms with Crippen LogP contribution in [0.5, 0.6) is 0 Å². The Kier molecular flexibility index (Phi) is 10.3. The molecule has 5 nitrogen and oxygen atoms in total. The van der Waals surface area contributed by atoms with Gasteiger partial charge in [-0.15, -0.1) is 23.5 Å². The maximum Gasteiger partial charge on any atom is 0.335 e. The first-order valence-corrected chi connectivity index (χ1v) is 11.9. The quantitative estimate of drug-likeness (QED) is 0.266. The van der Waals surface area contributed by atoms with Crippen molar-refractivity contribution in [2.45, 2.75) is 60.2 Å². The monoisotopic (exact) mass is 448 g/mol. The Morgan fingerprint density at radius 3 is 2.40 bits per heavy atom. The second kappa shape index (κ2) is 12.7. The Hall–Kier alpha value is -1.96. The number of hydrogen-bond acceptors (Lipinski definition) is 5. The van der Waals surface area contributed by atoms with Crippen molar-refractivity contribution in [2.24, 2.45) is 0 Å². The van der Waals surface area contributed by atoms with Gasteiger partial charge >= 0.3 is 11.9 Å². The summed E-state index contributed by atoms with van der Waals surface area (Å²) in [5.41, 5.74) is 0.870. The number of aliphatic hydroxyl groups excluding tert-OH is 1. The van der Waals surface area contributed by atoms with Crippen molar-refractivity contribution < 1.29 is 24.9 Å². The number of hydrogen-bond donors (Lipinski definition) is 3. The Morgan fingerprint density at radius 1 is 0.967 bits per heavy atom. The van der Waals surface area contributed by atoms with Crippen molar-refractivity contribution in [3.05, 3.63) is 59.7 Å². The number of aliphatic hydroxyl groups is 1. The number of aliphatic carboxylic acids is 1. The van der Waals surface area contributed by atoms with Gasteiger partial charge in [0.15, 0.2) is 6.10 Å². The number of aromatic carboxylic acids is 1. The fraction of sp³-hybridized carbons (Fsp3) is 0.391. The minimum absolute atomic E-state index is 0.123. The number of unbranched alkanes of at least 4 members (excludes halogenated alkanes) is 4.